The highest BCUT2D eigenvalue weighted by atomic mass is 16.5. The van der Waals surface area contributed by atoms with E-state index in [0.29, 0.717) is 26.4 Å². The van der Waals surface area contributed by atoms with Crippen molar-refractivity contribution in [1.82, 2.24) is 0 Å². The van der Waals surface area contributed by atoms with Crippen LogP contribution in [0.1, 0.15) is 94.9 Å². The van der Waals surface area contributed by atoms with Gasteiger partial charge in [0.2, 0.25) is 0 Å². The molecule has 0 radical (unpaired) electrons. The van der Waals surface area contributed by atoms with Gasteiger partial charge in [0, 0.05) is 49.1 Å². The largest absolute Gasteiger partial charge is 0.384 e. The third kappa shape index (κ3) is 11.4. The summed E-state index contributed by atoms with van der Waals surface area (Å²) in [6.45, 7) is 26.4. The Bertz CT molecular complexity index is 455. The summed E-state index contributed by atoms with van der Waals surface area (Å²) in [5, 5.41) is 0. The van der Waals surface area contributed by atoms with Gasteiger partial charge in [-0.1, -0.05) is 82.1 Å². The minimum Gasteiger partial charge on any atom is -0.384 e. The molecule has 0 N–H and O–H groups in total. The van der Waals surface area contributed by atoms with Crippen LogP contribution in [0.3, 0.4) is 0 Å². The summed E-state index contributed by atoms with van der Waals surface area (Å²) in [5.74, 6) is 0. The SMILES string of the molecule is CCCCOC(C(C)(C)COC)C(C)(C)COCC(C)(C)C(OCCCC)C(C)(C)COC. The molecule has 5 heteroatoms. The molecule has 0 fully saturated rings. The van der Waals surface area contributed by atoms with Crippen molar-refractivity contribution in [2.24, 2.45) is 21.7 Å². The van der Waals surface area contributed by atoms with Gasteiger partial charge in [-0.25, -0.2) is 0 Å². The standard InChI is InChI=1S/C28H58O5/c1-13-15-17-32-23(25(3,4)19-29-11)27(7,8)21-31-22-28(9,10)24(33-18-16-14-2)26(5,6)20-30-12/h23-24H,13-22H2,1-12H3. The van der Waals surface area contributed by atoms with Crippen molar-refractivity contribution in [3.05, 3.63) is 0 Å². The maximum absolute atomic E-state index is 6.45. The zero-order valence-corrected chi connectivity index (χ0v) is 24.3. The second-order valence-corrected chi connectivity index (χ2v) is 12.5. The molecular weight excluding hydrogens is 416 g/mol. The maximum atomic E-state index is 6.45. The molecule has 33 heavy (non-hydrogen) atoms. The molecule has 0 aromatic rings. The van der Waals surface area contributed by atoms with Crippen molar-refractivity contribution in [2.75, 3.05) is 53.9 Å². The molecule has 2 unspecified atom stereocenters. The van der Waals surface area contributed by atoms with Gasteiger partial charge < -0.3 is 23.7 Å². The first-order valence-electron chi connectivity index (χ1n) is 13.0. The first-order valence-corrected chi connectivity index (χ1v) is 13.0. The highest BCUT2D eigenvalue weighted by Crippen LogP contribution is 2.40. The van der Waals surface area contributed by atoms with Crippen LogP contribution in [-0.2, 0) is 23.7 Å². The lowest BCUT2D eigenvalue weighted by atomic mass is 9.71. The maximum Gasteiger partial charge on any atom is 0.0720 e. The topological polar surface area (TPSA) is 46.2 Å². The van der Waals surface area contributed by atoms with Crippen LogP contribution in [-0.4, -0.2) is 66.1 Å². The van der Waals surface area contributed by atoms with Crippen molar-refractivity contribution in [3.8, 4) is 0 Å². The molecule has 0 spiro atoms. The molecule has 0 aliphatic heterocycles. The van der Waals surface area contributed by atoms with Crippen LogP contribution in [0.25, 0.3) is 0 Å². The molecule has 5 nitrogen and oxygen atoms in total. The summed E-state index contributed by atoms with van der Waals surface area (Å²) in [5.41, 5.74) is -0.548. The third-order valence-corrected chi connectivity index (χ3v) is 6.38. The summed E-state index contributed by atoms with van der Waals surface area (Å²) in [6, 6.07) is 0. The molecule has 0 aliphatic rings. The summed E-state index contributed by atoms with van der Waals surface area (Å²) in [6.07, 6.45) is 4.43. The van der Waals surface area contributed by atoms with E-state index in [4.69, 9.17) is 23.7 Å². The van der Waals surface area contributed by atoms with Gasteiger partial charge in [0.25, 0.3) is 0 Å². The van der Waals surface area contributed by atoms with Gasteiger partial charge in [0.15, 0.2) is 0 Å². The van der Waals surface area contributed by atoms with Crippen molar-refractivity contribution < 1.29 is 23.7 Å². The Hall–Kier alpha value is -0.200. The highest BCUT2D eigenvalue weighted by Gasteiger charge is 2.44. The smallest absolute Gasteiger partial charge is 0.0720 e. The van der Waals surface area contributed by atoms with E-state index in [9.17, 15) is 0 Å². The number of methoxy groups -OCH3 is 2. The van der Waals surface area contributed by atoms with Crippen molar-refractivity contribution in [1.29, 1.82) is 0 Å². The van der Waals surface area contributed by atoms with Crippen molar-refractivity contribution >= 4 is 0 Å². The molecule has 2 atom stereocenters. The van der Waals surface area contributed by atoms with E-state index >= 15 is 0 Å². The Morgan fingerprint density at radius 1 is 0.515 bits per heavy atom. The quantitative estimate of drug-likeness (QED) is 0.182. The van der Waals surface area contributed by atoms with Crippen LogP contribution in [0.4, 0.5) is 0 Å². The first-order chi connectivity index (χ1) is 15.2. The summed E-state index contributed by atoms with van der Waals surface area (Å²) in [7, 11) is 3.52. The normalized spacial score (nSPS) is 15.6. The highest BCUT2D eigenvalue weighted by molar-refractivity contribution is 4.93. The van der Waals surface area contributed by atoms with Crippen LogP contribution >= 0.6 is 0 Å². The molecule has 0 rings (SSSR count). The third-order valence-electron chi connectivity index (χ3n) is 6.38. The Morgan fingerprint density at radius 2 is 0.818 bits per heavy atom. The lowest BCUT2D eigenvalue weighted by molar-refractivity contribution is -0.160. The molecule has 0 heterocycles. The van der Waals surface area contributed by atoms with Gasteiger partial charge >= 0.3 is 0 Å². The molecular formula is C28H58O5. The van der Waals surface area contributed by atoms with E-state index in [2.05, 4.69) is 69.2 Å². The van der Waals surface area contributed by atoms with E-state index in [1.165, 1.54) is 0 Å². The van der Waals surface area contributed by atoms with Crippen LogP contribution in [0.5, 0.6) is 0 Å². The zero-order valence-electron chi connectivity index (χ0n) is 24.3. The fraction of sp³-hybridized carbons (Fsp3) is 1.00. The number of hydrogen-bond acceptors (Lipinski definition) is 5. The molecule has 0 aromatic heterocycles. The van der Waals surface area contributed by atoms with Gasteiger partial charge in [0.1, 0.15) is 0 Å². The van der Waals surface area contributed by atoms with Crippen LogP contribution in [0.2, 0.25) is 0 Å². The Balaban J connectivity index is 5.40. The number of ether oxygens (including phenoxy) is 5. The van der Waals surface area contributed by atoms with Gasteiger partial charge in [-0.05, 0) is 12.8 Å². The van der Waals surface area contributed by atoms with E-state index in [-0.39, 0.29) is 33.9 Å². The van der Waals surface area contributed by atoms with Gasteiger partial charge in [-0.15, -0.1) is 0 Å². The van der Waals surface area contributed by atoms with E-state index in [1.54, 1.807) is 14.2 Å². The molecule has 0 aromatic carbocycles. The van der Waals surface area contributed by atoms with Gasteiger partial charge in [-0.2, -0.15) is 0 Å². The van der Waals surface area contributed by atoms with E-state index in [1.807, 2.05) is 0 Å². The zero-order chi connectivity index (χ0) is 25.8. The average molecular weight is 475 g/mol. The lowest BCUT2D eigenvalue weighted by Gasteiger charge is -2.46. The minimum absolute atomic E-state index is 0.0288. The monoisotopic (exact) mass is 474 g/mol. The molecule has 0 saturated carbocycles. The predicted octanol–water partition coefficient (Wildman–Crippen LogP) is 6.77. The minimum atomic E-state index is -0.160. The van der Waals surface area contributed by atoms with Crippen LogP contribution in [0, 0.1) is 21.7 Å². The van der Waals surface area contributed by atoms with Crippen LogP contribution < -0.4 is 0 Å². The second kappa shape index (κ2) is 15.0. The van der Waals surface area contributed by atoms with Gasteiger partial charge in [0.05, 0.1) is 38.6 Å². The fourth-order valence-corrected chi connectivity index (χ4v) is 5.33. The van der Waals surface area contributed by atoms with Crippen molar-refractivity contribution in [3.63, 3.8) is 0 Å². The van der Waals surface area contributed by atoms with Gasteiger partial charge in [-0.3, -0.25) is 0 Å². The average Bonchev–Trinajstić information content (AvgIpc) is 2.67. The summed E-state index contributed by atoms with van der Waals surface area (Å²) < 4.78 is 30.4. The lowest BCUT2D eigenvalue weighted by Crippen LogP contribution is -2.50. The molecule has 0 bridgehead atoms. The second-order valence-electron chi connectivity index (χ2n) is 12.5. The summed E-state index contributed by atoms with van der Waals surface area (Å²) in [4.78, 5) is 0. The van der Waals surface area contributed by atoms with E-state index < -0.39 is 0 Å². The van der Waals surface area contributed by atoms with Crippen molar-refractivity contribution in [2.45, 2.75) is 107 Å². The molecule has 0 amide bonds. The number of unbranched alkanes of at least 4 members (excludes halogenated alkanes) is 2. The number of rotatable bonds is 20. The fourth-order valence-electron chi connectivity index (χ4n) is 5.33. The Labute approximate surface area is 206 Å². The van der Waals surface area contributed by atoms with Crippen LogP contribution in [0.15, 0.2) is 0 Å². The Kier molecular flexibility index (Phi) is 14.9. The number of hydrogen-bond donors (Lipinski definition) is 0. The Morgan fingerprint density at radius 3 is 1.09 bits per heavy atom. The molecule has 0 aliphatic carbocycles. The molecule has 200 valence electrons. The molecule has 0 saturated heterocycles. The first kappa shape index (κ1) is 32.8. The van der Waals surface area contributed by atoms with E-state index in [0.717, 1.165) is 38.9 Å². The predicted molar refractivity (Wildman–Crippen MR) is 139 cm³/mol. The summed E-state index contributed by atoms with van der Waals surface area (Å²) >= 11 is 0.